The summed E-state index contributed by atoms with van der Waals surface area (Å²) in [4.78, 5) is 7.23. The Morgan fingerprint density at radius 2 is 2.16 bits per heavy atom. The molecule has 1 fully saturated rings. The molecule has 1 N–H and O–H groups in total. The van der Waals surface area contributed by atoms with Crippen molar-refractivity contribution in [2.45, 2.75) is 52.7 Å². The van der Waals surface area contributed by atoms with E-state index in [-0.39, 0.29) is 5.54 Å². The molecule has 0 amide bonds. The van der Waals surface area contributed by atoms with Gasteiger partial charge in [-0.15, -0.1) is 0 Å². The zero-order valence-electron chi connectivity index (χ0n) is 12.9. The minimum absolute atomic E-state index is 0.190. The van der Waals surface area contributed by atoms with Gasteiger partial charge in [-0.05, 0) is 38.8 Å². The standard InChI is InChI=1S/C16H27N3/c1-12(2)15-9-17-16(4,5)11-19(15)10-14-8-6-7-13(3)18-14/h6-8,12,15,17H,9-11H2,1-5H3. The quantitative estimate of drug-likeness (QED) is 0.906. The van der Waals surface area contributed by atoms with Crippen molar-refractivity contribution in [3.8, 4) is 0 Å². The first-order valence-corrected chi connectivity index (χ1v) is 7.29. The van der Waals surface area contributed by atoms with Gasteiger partial charge in [0.05, 0.1) is 5.69 Å². The van der Waals surface area contributed by atoms with Gasteiger partial charge in [-0.3, -0.25) is 9.88 Å². The summed E-state index contributed by atoms with van der Waals surface area (Å²) < 4.78 is 0. The monoisotopic (exact) mass is 261 g/mol. The summed E-state index contributed by atoms with van der Waals surface area (Å²) in [5, 5.41) is 3.65. The topological polar surface area (TPSA) is 28.2 Å². The molecule has 1 aliphatic rings. The highest BCUT2D eigenvalue weighted by Crippen LogP contribution is 2.22. The van der Waals surface area contributed by atoms with Crippen LogP contribution < -0.4 is 5.32 Å². The van der Waals surface area contributed by atoms with Crippen LogP contribution >= 0.6 is 0 Å². The fourth-order valence-electron chi connectivity index (χ4n) is 2.92. The third-order valence-corrected chi connectivity index (χ3v) is 3.94. The molecule has 0 bridgehead atoms. The van der Waals surface area contributed by atoms with Gasteiger partial charge < -0.3 is 5.32 Å². The Morgan fingerprint density at radius 3 is 2.79 bits per heavy atom. The Kier molecular flexibility index (Phi) is 4.26. The van der Waals surface area contributed by atoms with Crippen molar-refractivity contribution in [2.75, 3.05) is 13.1 Å². The van der Waals surface area contributed by atoms with E-state index in [0.717, 1.165) is 25.3 Å². The van der Waals surface area contributed by atoms with Gasteiger partial charge in [-0.2, -0.15) is 0 Å². The maximum atomic E-state index is 4.65. The van der Waals surface area contributed by atoms with E-state index in [9.17, 15) is 0 Å². The summed E-state index contributed by atoms with van der Waals surface area (Å²) in [5.74, 6) is 0.661. The van der Waals surface area contributed by atoms with Crippen LogP contribution in [-0.4, -0.2) is 34.6 Å². The van der Waals surface area contributed by atoms with Crippen molar-refractivity contribution in [3.05, 3.63) is 29.6 Å². The summed E-state index contributed by atoms with van der Waals surface area (Å²) in [6.45, 7) is 14.3. The molecule has 1 aromatic rings. The smallest absolute Gasteiger partial charge is 0.0547 e. The second kappa shape index (κ2) is 5.59. The number of piperazine rings is 1. The number of nitrogens with one attached hydrogen (secondary N) is 1. The van der Waals surface area contributed by atoms with E-state index in [1.165, 1.54) is 5.69 Å². The van der Waals surface area contributed by atoms with E-state index in [4.69, 9.17) is 0 Å². The lowest BCUT2D eigenvalue weighted by Gasteiger charge is -2.46. The van der Waals surface area contributed by atoms with Crippen LogP contribution in [0.1, 0.15) is 39.1 Å². The molecule has 1 aliphatic heterocycles. The second-order valence-electron chi connectivity index (χ2n) is 6.75. The highest BCUT2D eigenvalue weighted by molar-refractivity contribution is 5.10. The Hall–Kier alpha value is -0.930. The van der Waals surface area contributed by atoms with Gasteiger partial charge in [0.25, 0.3) is 0 Å². The van der Waals surface area contributed by atoms with Gasteiger partial charge in [0, 0.05) is 36.9 Å². The van der Waals surface area contributed by atoms with E-state index in [0.29, 0.717) is 12.0 Å². The summed E-state index contributed by atoms with van der Waals surface area (Å²) in [6, 6.07) is 6.90. The lowest BCUT2D eigenvalue weighted by molar-refractivity contribution is 0.0617. The Balaban J connectivity index is 2.13. The molecular weight excluding hydrogens is 234 g/mol. The Bertz CT molecular complexity index is 426. The normalized spacial score (nSPS) is 23.8. The second-order valence-corrected chi connectivity index (χ2v) is 6.75. The highest BCUT2D eigenvalue weighted by Gasteiger charge is 2.33. The molecule has 0 radical (unpaired) electrons. The fourth-order valence-corrected chi connectivity index (χ4v) is 2.92. The number of aryl methyl sites for hydroxylation is 1. The Labute approximate surface area is 117 Å². The van der Waals surface area contributed by atoms with Gasteiger partial charge in [0.1, 0.15) is 0 Å². The van der Waals surface area contributed by atoms with E-state index in [1.54, 1.807) is 0 Å². The SMILES string of the molecule is Cc1cccc(CN2CC(C)(C)NCC2C(C)C)n1. The van der Waals surface area contributed by atoms with Crippen LogP contribution in [0.4, 0.5) is 0 Å². The highest BCUT2D eigenvalue weighted by atomic mass is 15.3. The maximum absolute atomic E-state index is 4.65. The molecule has 1 saturated heterocycles. The third-order valence-electron chi connectivity index (χ3n) is 3.94. The lowest BCUT2D eigenvalue weighted by atomic mass is 9.93. The van der Waals surface area contributed by atoms with Crippen LogP contribution in [-0.2, 0) is 6.54 Å². The van der Waals surface area contributed by atoms with E-state index >= 15 is 0 Å². The number of aromatic nitrogens is 1. The van der Waals surface area contributed by atoms with Crippen LogP contribution in [0, 0.1) is 12.8 Å². The molecule has 0 aliphatic carbocycles. The van der Waals surface area contributed by atoms with Gasteiger partial charge in [0.15, 0.2) is 0 Å². The average molecular weight is 261 g/mol. The van der Waals surface area contributed by atoms with Crippen molar-refractivity contribution < 1.29 is 0 Å². The van der Waals surface area contributed by atoms with Gasteiger partial charge in [-0.1, -0.05) is 19.9 Å². The largest absolute Gasteiger partial charge is 0.309 e. The zero-order chi connectivity index (χ0) is 14.0. The molecule has 1 aromatic heterocycles. The number of rotatable bonds is 3. The maximum Gasteiger partial charge on any atom is 0.0547 e. The van der Waals surface area contributed by atoms with Crippen molar-refractivity contribution in [3.63, 3.8) is 0 Å². The third kappa shape index (κ3) is 3.77. The molecule has 0 spiro atoms. The van der Waals surface area contributed by atoms with Crippen LogP contribution in [0.15, 0.2) is 18.2 Å². The summed E-state index contributed by atoms with van der Waals surface area (Å²) in [6.07, 6.45) is 0. The fraction of sp³-hybridized carbons (Fsp3) is 0.688. The van der Waals surface area contributed by atoms with Gasteiger partial charge in [0.2, 0.25) is 0 Å². The van der Waals surface area contributed by atoms with Crippen molar-refractivity contribution >= 4 is 0 Å². The van der Waals surface area contributed by atoms with E-state index in [2.05, 4.69) is 68.0 Å². The zero-order valence-corrected chi connectivity index (χ0v) is 12.9. The minimum atomic E-state index is 0.190. The molecule has 1 atom stereocenters. The van der Waals surface area contributed by atoms with E-state index in [1.807, 2.05) is 0 Å². The Morgan fingerprint density at radius 1 is 1.42 bits per heavy atom. The van der Waals surface area contributed by atoms with Crippen molar-refractivity contribution in [1.29, 1.82) is 0 Å². The average Bonchev–Trinajstić information content (AvgIpc) is 2.27. The molecule has 0 aromatic carbocycles. The molecule has 19 heavy (non-hydrogen) atoms. The predicted molar refractivity (Wildman–Crippen MR) is 80.1 cm³/mol. The van der Waals surface area contributed by atoms with Crippen LogP contribution in [0.3, 0.4) is 0 Å². The van der Waals surface area contributed by atoms with Crippen molar-refractivity contribution in [1.82, 2.24) is 15.2 Å². The first kappa shape index (κ1) is 14.5. The lowest BCUT2D eigenvalue weighted by Crippen LogP contribution is -2.62. The summed E-state index contributed by atoms with van der Waals surface area (Å²) in [7, 11) is 0. The molecular formula is C16H27N3. The molecule has 2 heterocycles. The molecule has 2 rings (SSSR count). The molecule has 3 heteroatoms. The van der Waals surface area contributed by atoms with Crippen LogP contribution in [0.25, 0.3) is 0 Å². The molecule has 0 saturated carbocycles. The first-order valence-electron chi connectivity index (χ1n) is 7.29. The number of hydrogen-bond donors (Lipinski definition) is 1. The molecule has 106 valence electrons. The van der Waals surface area contributed by atoms with Crippen LogP contribution in [0.2, 0.25) is 0 Å². The van der Waals surface area contributed by atoms with Gasteiger partial charge >= 0.3 is 0 Å². The minimum Gasteiger partial charge on any atom is -0.309 e. The molecule has 1 unspecified atom stereocenters. The summed E-state index contributed by atoms with van der Waals surface area (Å²) >= 11 is 0. The predicted octanol–water partition coefficient (Wildman–Crippen LogP) is 2.60. The van der Waals surface area contributed by atoms with Gasteiger partial charge in [-0.25, -0.2) is 0 Å². The summed E-state index contributed by atoms with van der Waals surface area (Å²) in [5.41, 5.74) is 2.48. The van der Waals surface area contributed by atoms with Crippen molar-refractivity contribution in [2.24, 2.45) is 5.92 Å². The number of nitrogens with zero attached hydrogens (tertiary/aromatic N) is 2. The van der Waals surface area contributed by atoms with Crippen LogP contribution in [0.5, 0.6) is 0 Å². The van der Waals surface area contributed by atoms with E-state index < -0.39 is 0 Å². The number of pyridine rings is 1. The molecule has 3 nitrogen and oxygen atoms in total. The first-order chi connectivity index (χ1) is 8.87. The number of hydrogen-bond acceptors (Lipinski definition) is 3.